The number of halogens is 1. The van der Waals surface area contributed by atoms with Gasteiger partial charge in [0.25, 0.3) is 0 Å². The summed E-state index contributed by atoms with van der Waals surface area (Å²) < 4.78 is 31.0. The summed E-state index contributed by atoms with van der Waals surface area (Å²) in [7, 11) is -1.91. The number of sulfonamides is 1. The fourth-order valence-electron chi connectivity index (χ4n) is 2.07. The smallest absolute Gasteiger partial charge is 0.239 e. The van der Waals surface area contributed by atoms with Crippen LogP contribution in [0.1, 0.15) is 6.42 Å². The Bertz CT molecular complexity index is 547. The van der Waals surface area contributed by atoms with Crippen LogP contribution in [0.5, 0.6) is 5.75 Å². The fourth-order valence-corrected chi connectivity index (χ4v) is 4.02. The van der Waals surface area contributed by atoms with Crippen LogP contribution in [0.25, 0.3) is 0 Å². The molecular weight excluding hydrogens is 276 g/mol. The summed E-state index contributed by atoms with van der Waals surface area (Å²) in [5, 5.41) is -0.0570. The normalized spacial score (nSPS) is 22.2. The lowest BCUT2D eigenvalue weighted by Crippen LogP contribution is -2.33. The largest absolute Gasteiger partial charge is 0.495 e. The van der Waals surface area contributed by atoms with Gasteiger partial charge >= 0.3 is 0 Å². The van der Waals surface area contributed by atoms with E-state index in [9.17, 15) is 8.42 Å². The summed E-state index contributed by atoms with van der Waals surface area (Å²) in [5.74, 6) is 0.487. The molecule has 1 saturated heterocycles. The second kappa shape index (κ2) is 4.95. The predicted octanol–water partition coefficient (Wildman–Crippen LogP) is 1.22. The molecule has 0 spiro atoms. The number of methoxy groups -OCH3 is 1. The van der Waals surface area contributed by atoms with Crippen molar-refractivity contribution in [1.82, 2.24) is 0 Å². The third-order valence-corrected chi connectivity index (χ3v) is 5.55. The van der Waals surface area contributed by atoms with Crippen molar-refractivity contribution in [2.75, 3.05) is 24.5 Å². The molecule has 0 radical (unpaired) electrons. The van der Waals surface area contributed by atoms with Crippen molar-refractivity contribution in [2.45, 2.75) is 11.7 Å². The van der Waals surface area contributed by atoms with Gasteiger partial charge in [-0.15, -0.1) is 0 Å². The van der Waals surface area contributed by atoms with E-state index in [4.69, 9.17) is 22.1 Å². The van der Waals surface area contributed by atoms with Crippen LogP contribution in [0, 0.1) is 0 Å². The molecule has 7 heteroatoms. The molecule has 1 aromatic carbocycles. The van der Waals surface area contributed by atoms with Gasteiger partial charge in [-0.1, -0.05) is 11.6 Å². The van der Waals surface area contributed by atoms with E-state index in [1.165, 1.54) is 11.4 Å². The first kappa shape index (κ1) is 13.5. The highest BCUT2D eigenvalue weighted by Crippen LogP contribution is 2.36. The molecule has 1 aliphatic rings. The van der Waals surface area contributed by atoms with E-state index in [0.717, 1.165) is 0 Å². The second-order valence-corrected chi connectivity index (χ2v) is 6.65. The SMILES string of the molecule is COc1ccc(Cl)cc1N1CC[C@H](CN)S1(=O)=O. The number of ether oxygens (including phenoxy) is 1. The fraction of sp³-hybridized carbons (Fsp3) is 0.455. The Labute approximate surface area is 112 Å². The second-order valence-electron chi connectivity index (χ2n) is 4.08. The molecule has 18 heavy (non-hydrogen) atoms. The number of hydrogen-bond acceptors (Lipinski definition) is 4. The molecule has 1 heterocycles. The lowest BCUT2D eigenvalue weighted by Gasteiger charge is -2.21. The average Bonchev–Trinajstić information content (AvgIpc) is 2.63. The summed E-state index contributed by atoms with van der Waals surface area (Å²) in [6.45, 7) is 0.530. The van der Waals surface area contributed by atoms with Crippen LogP contribution >= 0.6 is 11.6 Å². The van der Waals surface area contributed by atoms with Crippen molar-refractivity contribution < 1.29 is 13.2 Å². The highest BCUT2D eigenvalue weighted by molar-refractivity contribution is 7.93. The van der Waals surface area contributed by atoms with Gasteiger partial charge in [0.2, 0.25) is 10.0 Å². The molecule has 5 nitrogen and oxygen atoms in total. The predicted molar refractivity (Wildman–Crippen MR) is 71.7 cm³/mol. The maximum absolute atomic E-state index is 12.3. The average molecular weight is 291 g/mol. The highest BCUT2D eigenvalue weighted by atomic mass is 35.5. The Hall–Kier alpha value is -0.980. The van der Waals surface area contributed by atoms with Gasteiger partial charge in [-0.2, -0.15) is 0 Å². The van der Waals surface area contributed by atoms with Gasteiger partial charge in [-0.25, -0.2) is 8.42 Å². The van der Waals surface area contributed by atoms with Crippen molar-refractivity contribution in [3.63, 3.8) is 0 Å². The first-order valence-corrected chi connectivity index (χ1v) is 7.44. The summed E-state index contributed by atoms with van der Waals surface area (Å²) in [6, 6.07) is 4.91. The quantitative estimate of drug-likeness (QED) is 0.908. The number of nitrogens with zero attached hydrogens (tertiary/aromatic N) is 1. The van der Waals surface area contributed by atoms with Gasteiger partial charge in [0.1, 0.15) is 5.75 Å². The van der Waals surface area contributed by atoms with Gasteiger partial charge in [0, 0.05) is 18.1 Å². The molecule has 0 aliphatic carbocycles. The molecular formula is C11H15ClN2O3S. The third kappa shape index (κ3) is 2.15. The number of benzene rings is 1. The molecule has 1 fully saturated rings. The van der Waals surface area contributed by atoms with Crippen LogP contribution in [0.3, 0.4) is 0 Å². The van der Waals surface area contributed by atoms with E-state index < -0.39 is 15.3 Å². The van der Waals surface area contributed by atoms with Crippen molar-refractivity contribution in [3.05, 3.63) is 23.2 Å². The van der Waals surface area contributed by atoms with Crippen molar-refractivity contribution in [1.29, 1.82) is 0 Å². The Kier molecular flexibility index (Phi) is 3.70. The lowest BCUT2D eigenvalue weighted by atomic mass is 10.2. The Morgan fingerprint density at radius 3 is 2.83 bits per heavy atom. The van der Waals surface area contributed by atoms with Gasteiger partial charge in [0.05, 0.1) is 18.0 Å². The molecule has 0 unspecified atom stereocenters. The monoisotopic (exact) mass is 290 g/mol. The third-order valence-electron chi connectivity index (χ3n) is 3.06. The zero-order valence-corrected chi connectivity index (χ0v) is 11.5. The first-order valence-electron chi connectivity index (χ1n) is 5.56. The van der Waals surface area contributed by atoms with Crippen molar-refractivity contribution in [2.24, 2.45) is 5.73 Å². The number of nitrogens with two attached hydrogens (primary N) is 1. The van der Waals surface area contributed by atoms with E-state index in [1.807, 2.05) is 0 Å². The Balaban J connectivity index is 2.47. The van der Waals surface area contributed by atoms with Crippen LogP contribution in [0.15, 0.2) is 18.2 Å². The van der Waals surface area contributed by atoms with Crippen LogP contribution in [0.2, 0.25) is 5.02 Å². The molecule has 1 atom stereocenters. The van der Waals surface area contributed by atoms with Crippen LogP contribution in [0.4, 0.5) is 5.69 Å². The zero-order chi connectivity index (χ0) is 13.3. The van der Waals surface area contributed by atoms with E-state index in [2.05, 4.69) is 0 Å². The minimum absolute atomic E-state index is 0.127. The van der Waals surface area contributed by atoms with E-state index in [1.54, 1.807) is 18.2 Å². The van der Waals surface area contributed by atoms with Gasteiger partial charge < -0.3 is 10.5 Å². The molecule has 2 N–H and O–H groups in total. The molecule has 0 amide bonds. The molecule has 0 aromatic heterocycles. The standard InChI is InChI=1S/C11H15ClN2O3S/c1-17-11-3-2-8(12)6-10(11)14-5-4-9(7-13)18(14,15)16/h2-3,6,9H,4-5,7,13H2,1H3/t9-/m1/s1. The number of rotatable bonds is 3. The molecule has 0 saturated carbocycles. The number of anilines is 1. The molecule has 100 valence electrons. The molecule has 1 aromatic rings. The summed E-state index contributed by atoms with van der Waals surface area (Å²) in [6.07, 6.45) is 0.522. The maximum Gasteiger partial charge on any atom is 0.239 e. The molecule has 0 bridgehead atoms. The minimum atomic E-state index is -3.41. The van der Waals surface area contributed by atoms with E-state index in [-0.39, 0.29) is 6.54 Å². The minimum Gasteiger partial charge on any atom is -0.495 e. The topological polar surface area (TPSA) is 72.6 Å². The summed E-state index contributed by atoms with van der Waals surface area (Å²) in [5.41, 5.74) is 5.96. The Morgan fingerprint density at radius 1 is 1.56 bits per heavy atom. The maximum atomic E-state index is 12.3. The highest BCUT2D eigenvalue weighted by Gasteiger charge is 2.39. The molecule has 1 aliphatic heterocycles. The molecule has 2 rings (SSSR count). The summed E-state index contributed by atoms with van der Waals surface area (Å²) in [4.78, 5) is 0. The van der Waals surface area contributed by atoms with E-state index >= 15 is 0 Å². The van der Waals surface area contributed by atoms with Gasteiger partial charge in [0.15, 0.2) is 0 Å². The Morgan fingerprint density at radius 2 is 2.28 bits per heavy atom. The summed E-state index contributed by atoms with van der Waals surface area (Å²) >= 11 is 5.91. The van der Waals surface area contributed by atoms with E-state index in [0.29, 0.717) is 29.4 Å². The van der Waals surface area contributed by atoms with Gasteiger partial charge in [-0.3, -0.25) is 4.31 Å². The van der Waals surface area contributed by atoms with Gasteiger partial charge in [-0.05, 0) is 24.6 Å². The van der Waals surface area contributed by atoms with Crippen LogP contribution < -0.4 is 14.8 Å². The van der Waals surface area contributed by atoms with Crippen molar-refractivity contribution >= 4 is 27.3 Å². The first-order chi connectivity index (χ1) is 8.50. The zero-order valence-electron chi connectivity index (χ0n) is 9.97. The van der Waals surface area contributed by atoms with Crippen molar-refractivity contribution in [3.8, 4) is 5.75 Å². The lowest BCUT2D eigenvalue weighted by molar-refractivity contribution is 0.415. The van der Waals surface area contributed by atoms with Crippen LogP contribution in [-0.2, 0) is 10.0 Å². The van der Waals surface area contributed by atoms with Crippen LogP contribution in [-0.4, -0.2) is 33.9 Å². The number of hydrogen-bond donors (Lipinski definition) is 1.